The van der Waals surface area contributed by atoms with E-state index in [1.807, 2.05) is 38.9 Å². The monoisotopic (exact) mass is 323 g/mol. The zero-order valence-electron chi connectivity index (χ0n) is 15.0. The van der Waals surface area contributed by atoms with E-state index in [-0.39, 0.29) is 18.5 Å². The van der Waals surface area contributed by atoms with Crippen molar-refractivity contribution in [3.05, 3.63) is 29.3 Å². The molecule has 1 aromatic carbocycles. The van der Waals surface area contributed by atoms with Gasteiger partial charge in [-0.2, -0.15) is 0 Å². The Balaban J connectivity index is 0.00000232. The van der Waals surface area contributed by atoms with E-state index in [1.54, 1.807) is 19.2 Å². The van der Waals surface area contributed by atoms with Gasteiger partial charge in [0, 0.05) is 43.9 Å². The maximum absolute atomic E-state index is 12.3. The number of likely N-dealkylation sites (N-methyl/N-ethyl adjacent to an activating group) is 1. The maximum Gasteiger partial charge on any atom is 0.302 e. The molecular weight excluding hydrogens is 294 g/mol. The highest BCUT2D eigenvalue weighted by atomic mass is 16.5. The molecule has 0 aromatic heterocycles. The van der Waals surface area contributed by atoms with E-state index in [1.165, 1.54) is 6.92 Å². The summed E-state index contributed by atoms with van der Waals surface area (Å²) in [6.07, 6.45) is 0. The number of benzene rings is 1. The molecule has 0 aliphatic rings. The summed E-state index contributed by atoms with van der Waals surface area (Å²) >= 11 is 0. The highest BCUT2D eigenvalue weighted by Crippen LogP contribution is 2.17. The Morgan fingerprint density at radius 1 is 1.22 bits per heavy atom. The van der Waals surface area contributed by atoms with Gasteiger partial charge in [-0.15, -0.1) is 0 Å². The van der Waals surface area contributed by atoms with Gasteiger partial charge in [-0.25, -0.2) is 0 Å². The molecular formula is C17H29N3O3. The first-order chi connectivity index (χ1) is 10.9. The predicted molar refractivity (Wildman–Crippen MR) is 93.7 cm³/mol. The molecule has 0 spiro atoms. The van der Waals surface area contributed by atoms with E-state index in [2.05, 4.69) is 10.6 Å². The molecule has 1 amide bonds. The van der Waals surface area contributed by atoms with Crippen LogP contribution >= 0.6 is 0 Å². The van der Waals surface area contributed by atoms with Gasteiger partial charge in [0.05, 0.1) is 0 Å². The Morgan fingerprint density at radius 2 is 1.87 bits per heavy atom. The highest BCUT2D eigenvalue weighted by molar-refractivity contribution is 5.96. The minimum atomic E-state index is -0.369. The predicted octanol–water partition coefficient (Wildman–Crippen LogP) is 2.11. The first-order valence-corrected chi connectivity index (χ1v) is 7.81. The lowest BCUT2D eigenvalue weighted by molar-refractivity contribution is -0.142. The average molecular weight is 323 g/mol. The van der Waals surface area contributed by atoms with E-state index in [4.69, 9.17) is 4.74 Å². The summed E-state index contributed by atoms with van der Waals surface area (Å²) in [6, 6.07) is 5.38. The van der Waals surface area contributed by atoms with Gasteiger partial charge >= 0.3 is 5.97 Å². The number of nitrogens with one attached hydrogen (secondary N) is 2. The van der Waals surface area contributed by atoms with Crippen molar-refractivity contribution in [3.8, 4) is 0 Å². The molecule has 23 heavy (non-hydrogen) atoms. The van der Waals surface area contributed by atoms with Crippen LogP contribution in [0.1, 0.15) is 36.7 Å². The highest BCUT2D eigenvalue weighted by Gasteiger charge is 2.13. The van der Waals surface area contributed by atoms with E-state index < -0.39 is 0 Å². The fraction of sp³-hybridized carbons (Fsp3) is 0.529. The second-order valence-corrected chi connectivity index (χ2v) is 4.96. The molecule has 0 aliphatic carbocycles. The van der Waals surface area contributed by atoms with Crippen LogP contribution < -0.4 is 10.6 Å². The maximum atomic E-state index is 12.3. The van der Waals surface area contributed by atoms with E-state index in [0.717, 1.165) is 12.2 Å². The number of ether oxygens (including phenoxy) is 1. The van der Waals surface area contributed by atoms with Crippen molar-refractivity contribution >= 4 is 17.6 Å². The number of nitrogens with zero attached hydrogens (tertiary/aromatic N) is 1. The molecule has 0 aliphatic heterocycles. The van der Waals surface area contributed by atoms with Crippen molar-refractivity contribution in [1.82, 2.24) is 10.2 Å². The molecule has 0 heterocycles. The molecule has 0 atom stereocenters. The molecule has 0 radical (unpaired) electrons. The first kappa shape index (κ1) is 20.9. The van der Waals surface area contributed by atoms with Crippen LogP contribution in [0.4, 0.5) is 5.69 Å². The van der Waals surface area contributed by atoms with Gasteiger partial charge < -0.3 is 20.3 Å². The molecule has 0 saturated carbocycles. The summed E-state index contributed by atoms with van der Waals surface area (Å²) in [7, 11) is 5.68. The Kier molecular flexibility index (Phi) is 10.4. The largest absolute Gasteiger partial charge is 0.461 e. The van der Waals surface area contributed by atoms with Crippen LogP contribution in [-0.4, -0.2) is 51.0 Å². The second kappa shape index (κ2) is 11.5. The van der Waals surface area contributed by atoms with Crippen molar-refractivity contribution < 1.29 is 14.3 Å². The standard InChI is InChI=1S/C15H23N3O3.C2H6/c1-11(19)21-10-12-5-6-13(16-2)9-14(12)15(20)17-7-8-18(3)4;1-2/h5-6,9,16H,7-8,10H2,1-4H3,(H,17,20);1-2H3. The van der Waals surface area contributed by atoms with Crippen molar-refractivity contribution in [1.29, 1.82) is 0 Å². The summed E-state index contributed by atoms with van der Waals surface area (Å²) in [4.78, 5) is 25.2. The van der Waals surface area contributed by atoms with Crippen molar-refractivity contribution in [3.63, 3.8) is 0 Å². The fourth-order valence-electron chi connectivity index (χ4n) is 1.74. The van der Waals surface area contributed by atoms with Crippen LogP contribution in [0, 0.1) is 0 Å². The quantitative estimate of drug-likeness (QED) is 0.752. The van der Waals surface area contributed by atoms with Gasteiger partial charge in [0.2, 0.25) is 0 Å². The summed E-state index contributed by atoms with van der Waals surface area (Å²) in [5.41, 5.74) is 2.03. The Morgan fingerprint density at radius 3 is 2.39 bits per heavy atom. The molecule has 6 nitrogen and oxygen atoms in total. The fourth-order valence-corrected chi connectivity index (χ4v) is 1.74. The lowest BCUT2D eigenvalue weighted by Gasteiger charge is -2.14. The van der Waals surface area contributed by atoms with Crippen LogP contribution in [0.15, 0.2) is 18.2 Å². The zero-order valence-corrected chi connectivity index (χ0v) is 15.0. The van der Waals surface area contributed by atoms with Gasteiger partial charge in [-0.1, -0.05) is 19.9 Å². The van der Waals surface area contributed by atoms with Crippen LogP contribution in [-0.2, 0) is 16.1 Å². The molecule has 0 fully saturated rings. The number of esters is 1. The van der Waals surface area contributed by atoms with Crippen molar-refractivity contribution in [2.45, 2.75) is 27.4 Å². The third kappa shape index (κ3) is 8.21. The SMILES string of the molecule is CC.CNc1ccc(COC(C)=O)c(C(=O)NCCN(C)C)c1. The molecule has 0 saturated heterocycles. The van der Waals surface area contributed by atoms with Crippen LogP contribution in [0.3, 0.4) is 0 Å². The number of amides is 1. The number of hydrogen-bond acceptors (Lipinski definition) is 5. The van der Waals surface area contributed by atoms with Gasteiger partial charge in [-0.3, -0.25) is 9.59 Å². The van der Waals surface area contributed by atoms with E-state index in [9.17, 15) is 9.59 Å². The Labute approximate surface area is 139 Å². The summed E-state index contributed by atoms with van der Waals surface area (Å²) in [6.45, 7) is 6.76. The third-order valence-corrected chi connectivity index (χ3v) is 2.92. The molecule has 1 aromatic rings. The van der Waals surface area contributed by atoms with E-state index >= 15 is 0 Å². The first-order valence-electron chi connectivity index (χ1n) is 7.81. The van der Waals surface area contributed by atoms with Gasteiger partial charge in [0.25, 0.3) is 5.91 Å². The number of hydrogen-bond donors (Lipinski definition) is 2. The molecule has 130 valence electrons. The normalized spacial score (nSPS) is 9.70. The Hall–Kier alpha value is -2.08. The van der Waals surface area contributed by atoms with Gasteiger partial charge in [-0.05, 0) is 26.2 Å². The smallest absolute Gasteiger partial charge is 0.302 e. The summed E-state index contributed by atoms with van der Waals surface area (Å²) < 4.78 is 4.99. The molecule has 0 bridgehead atoms. The van der Waals surface area contributed by atoms with Crippen molar-refractivity contribution in [2.24, 2.45) is 0 Å². The summed E-state index contributed by atoms with van der Waals surface area (Å²) in [5.74, 6) is -0.539. The topological polar surface area (TPSA) is 70.7 Å². The number of rotatable bonds is 7. The van der Waals surface area contributed by atoms with Gasteiger partial charge in [0.1, 0.15) is 6.61 Å². The number of anilines is 1. The molecule has 6 heteroatoms. The average Bonchev–Trinajstić information content (AvgIpc) is 2.54. The molecule has 2 N–H and O–H groups in total. The zero-order chi connectivity index (χ0) is 17.8. The number of carbonyl (C=O) groups excluding carboxylic acids is 2. The van der Waals surface area contributed by atoms with Crippen LogP contribution in [0.5, 0.6) is 0 Å². The molecule has 0 unspecified atom stereocenters. The minimum absolute atomic E-state index is 0.0930. The lowest BCUT2D eigenvalue weighted by atomic mass is 10.1. The third-order valence-electron chi connectivity index (χ3n) is 2.92. The lowest BCUT2D eigenvalue weighted by Crippen LogP contribution is -2.32. The number of carbonyl (C=O) groups is 2. The van der Waals surface area contributed by atoms with E-state index in [0.29, 0.717) is 17.7 Å². The Bertz CT molecular complexity index is 502. The van der Waals surface area contributed by atoms with Crippen LogP contribution in [0.25, 0.3) is 0 Å². The van der Waals surface area contributed by atoms with Gasteiger partial charge in [0.15, 0.2) is 0 Å². The van der Waals surface area contributed by atoms with Crippen molar-refractivity contribution in [2.75, 3.05) is 39.5 Å². The molecule has 1 rings (SSSR count). The van der Waals surface area contributed by atoms with Crippen LogP contribution in [0.2, 0.25) is 0 Å². The minimum Gasteiger partial charge on any atom is -0.461 e. The summed E-state index contributed by atoms with van der Waals surface area (Å²) in [5, 5.41) is 5.85. The second-order valence-electron chi connectivity index (χ2n) is 4.96.